The van der Waals surface area contributed by atoms with Gasteiger partial charge in [-0.25, -0.2) is 9.78 Å². The lowest BCUT2D eigenvalue weighted by Gasteiger charge is -2.18. The normalized spacial score (nSPS) is 12.2. The van der Waals surface area contributed by atoms with Crippen molar-refractivity contribution in [1.82, 2.24) is 10.3 Å². The fourth-order valence-corrected chi connectivity index (χ4v) is 2.94. The highest BCUT2D eigenvalue weighted by atomic mass is 16.5. The number of pyridine rings is 1. The SMILES string of the molecule is COC(=O)c1c(C[NH+](C)CC(=O)NC(C)C)nc2ccccc2c1C. The number of para-hydroxylation sites is 1. The molecule has 1 atom stereocenters. The minimum Gasteiger partial charge on any atom is -0.465 e. The second kappa shape index (κ2) is 8.07. The molecular weight excluding hydrogens is 318 g/mol. The van der Waals surface area contributed by atoms with Crippen LogP contribution in [0, 0.1) is 6.92 Å². The Balaban J connectivity index is 2.35. The Hall–Kier alpha value is -2.47. The van der Waals surface area contributed by atoms with Crippen LogP contribution in [-0.2, 0) is 16.1 Å². The molecule has 0 aliphatic rings. The fourth-order valence-electron chi connectivity index (χ4n) is 2.94. The van der Waals surface area contributed by atoms with Crippen LogP contribution in [0.1, 0.15) is 35.5 Å². The van der Waals surface area contributed by atoms with Crippen molar-refractivity contribution in [3.63, 3.8) is 0 Å². The van der Waals surface area contributed by atoms with Gasteiger partial charge < -0.3 is 15.0 Å². The number of aryl methyl sites for hydroxylation is 1. The molecule has 0 radical (unpaired) electrons. The Kier molecular flexibility index (Phi) is 6.09. The average Bonchev–Trinajstić information content (AvgIpc) is 2.53. The summed E-state index contributed by atoms with van der Waals surface area (Å²) in [5.74, 6) is -0.421. The first kappa shape index (κ1) is 18.9. The zero-order valence-corrected chi connectivity index (χ0v) is 15.5. The van der Waals surface area contributed by atoms with Crippen LogP contribution in [0.5, 0.6) is 0 Å². The van der Waals surface area contributed by atoms with E-state index in [9.17, 15) is 9.59 Å². The Bertz CT molecular complexity index is 787. The summed E-state index contributed by atoms with van der Waals surface area (Å²) in [6.45, 7) is 6.53. The van der Waals surface area contributed by atoms with Gasteiger partial charge in [-0.15, -0.1) is 0 Å². The van der Waals surface area contributed by atoms with Gasteiger partial charge >= 0.3 is 5.97 Å². The smallest absolute Gasteiger partial charge is 0.340 e. The van der Waals surface area contributed by atoms with Gasteiger partial charge in [-0.05, 0) is 32.4 Å². The van der Waals surface area contributed by atoms with Crippen LogP contribution in [0.3, 0.4) is 0 Å². The topological polar surface area (TPSA) is 72.7 Å². The lowest BCUT2D eigenvalue weighted by Crippen LogP contribution is -3.09. The molecule has 0 spiro atoms. The van der Waals surface area contributed by atoms with Crippen LogP contribution in [0.4, 0.5) is 0 Å². The number of hydrogen-bond donors (Lipinski definition) is 2. The Morgan fingerprint density at radius 1 is 1.28 bits per heavy atom. The van der Waals surface area contributed by atoms with Gasteiger partial charge in [0.2, 0.25) is 0 Å². The molecule has 1 unspecified atom stereocenters. The van der Waals surface area contributed by atoms with Gasteiger partial charge in [0.25, 0.3) is 5.91 Å². The number of methoxy groups -OCH3 is 1. The summed E-state index contributed by atoms with van der Waals surface area (Å²) in [5.41, 5.74) is 2.83. The number of carbonyl (C=O) groups is 2. The first-order valence-corrected chi connectivity index (χ1v) is 8.40. The van der Waals surface area contributed by atoms with Gasteiger partial charge in [0.05, 0.1) is 25.2 Å². The van der Waals surface area contributed by atoms with Crippen molar-refractivity contribution < 1.29 is 19.2 Å². The summed E-state index contributed by atoms with van der Waals surface area (Å²) in [6, 6.07) is 7.81. The van der Waals surface area contributed by atoms with Crippen molar-refractivity contribution in [3.8, 4) is 0 Å². The molecule has 1 aromatic heterocycles. The maximum absolute atomic E-state index is 12.3. The third-order valence-electron chi connectivity index (χ3n) is 4.00. The number of amides is 1. The Morgan fingerprint density at radius 2 is 1.96 bits per heavy atom. The van der Waals surface area contributed by atoms with Crippen LogP contribution in [0.15, 0.2) is 24.3 Å². The molecule has 0 saturated carbocycles. The highest BCUT2D eigenvalue weighted by Crippen LogP contribution is 2.23. The summed E-state index contributed by atoms with van der Waals surface area (Å²) < 4.78 is 4.95. The van der Waals surface area contributed by atoms with E-state index >= 15 is 0 Å². The second-order valence-electron chi connectivity index (χ2n) is 6.60. The molecule has 134 valence electrons. The quantitative estimate of drug-likeness (QED) is 0.763. The van der Waals surface area contributed by atoms with E-state index in [2.05, 4.69) is 10.3 Å². The van der Waals surface area contributed by atoms with Crippen LogP contribution in [0.25, 0.3) is 10.9 Å². The zero-order valence-electron chi connectivity index (χ0n) is 15.5. The first-order valence-electron chi connectivity index (χ1n) is 8.40. The Morgan fingerprint density at radius 3 is 2.60 bits per heavy atom. The van der Waals surface area contributed by atoms with Crippen molar-refractivity contribution >= 4 is 22.8 Å². The molecule has 6 heteroatoms. The lowest BCUT2D eigenvalue weighted by atomic mass is 10.0. The minimum atomic E-state index is -0.398. The molecule has 0 saturated heterocycles. The first-order chi connectivity index (χ1) is 11.8. The number of ether oxygens (including phenoxy) is 1. The van der Waals surface area contributed by atoms with E-state index in [0.717, 1.165) is 21.4 Å². The van der Waals surface area contributed by atoms with Gasteiger partial charge in [0, 0.05) is 11.4 Å². The maximum Gasteiger partial charge on any atom is 0.340 e. The summed E-state index contributed by atoms with van der Waals surface area (Å²) in [7, 11) is 3.28. The monoisotopic (exact) mass is 344 g/mol. The molecule has 6 nitrogen and oxygen atoms in total. The van der Waals surface area contributed by atoms with E-state index < -0.39 is 5.97 Å². The fraction of sp³-hybridized carbons (Fsp3) is 0.421. The van der Waals surface area contributed by atoms with Crippen molar-refractivity contribution in [1.29, 1.82) is 0 Å². The molecule has 1 heterocycles. The van der Waals surface area contributed by atoms with Crippen molar-refractivity contribution in [2.24, 2.45) is 0 Å². The molecule has 2 aromatic rings. The highest BCUT2D eigenvalue weighted by Gasteiger charge is 2.22. The molecule has 1 aromatic carbocycles. The molecule has 0 fully saturated rings. The van der Waals surface area contributed by atoms with Gasteiger partial charge in [-0.1, -0.05) is 18.2 Å². The van der Waals surface area contributed by atoms with Gasteiger partial charge in [0.1, 0.15) is 12.2 Å². The van der Waals surface area contributed by atoms with Gasteiger partial charge in [-0.2, -0.15) is 0 Å². The van der Waals surface area contributed by atoms with Gasteiger partial charge in [-0.3, -0.25) is 4.79 Å². The van der Waals surface area contributed by atoms with Crippen LogP contribution >= 0.6 is 0 Å². The molecule has 0 aliphatic carbocycles. The Labute approximate surface area is 148 Å². The highest BCUT2D eigenvalue weighted by molar-refractivity contribution is 5.98. The third kappa shape index (κ3) is 4.54. The standard InChI is InChI=1S/C19H25N3O3/c1-12(2)20-17(23)11-22(4)10-16-18(19(24)25-5)13(3)14-8-6-7-9-15(14)21-16/h6-9,12H,10-11H2,1-5H3,(H,20,23)/p+1. The van der Waals surface area contributed by atoms with E-state index in [0.29, 0.717) is 24.3 Å². The van der Waals surface area contributed by atoms with E-state index in [-0.39, 0.29) is 11.9 Å². The van der Waals surface area contributed by atoms with Crippen molar-refractivity contribution in [2.75, 3.05) is 20.7 Å². The van der Waals surface area contributed by atoms with Crippen LogP contribution in [0.2, 0.25) is 0 Å². The lowest BCUT2D eigenvalue weighted by molar-refractivity contribution is -0.885. The molecule has 1 amide bonds. The number of hydrogen-bond acceptors (Lipinski definition) is 4. The number of rotatable bonds is 6. The zero-order chi connectivity index (χ0) is 18.6. The molecule has 25 heavy (non-hydrogen) atoms. The minimum absolute atomic E-state index is 0.0235. The molecule has 2 rings (SSSR count). The third-order valence-corrected chi connectivity index (χ3v) is 4.00. The van der Waals surface area contributed by atoms with E-state index in [4.69, 9.17) is 4.74 Å². The number of quaternary nitrogens is 1. The predicted octanol–water partition coefficient (Wildman–Crippen LogP) is 0.869. The van der Waals surface area contributed by atoms with E-state index in [1.54, 1.807) is 0 Å². The van der Waals surface area contributed by atoms with Crippen molar-refractivity contribution in [3.05, 3.63) is 41.1 Å². The summed E-state index contributed by atoms with van der Waals surface area (Å²) in [4.78, 5) is 29.9. The number of aromatic nitrogens is 1. The summed E-state index contributed by atoms with van der Waals surface area (Å²) >= 11 is 0. The predicted molar refractivity (Wildman–Crippen MR) is 96.6 cm³/mol. The van der Waals surface area contributed by atoms with Crippen LogP contribution in [-0.4, -0.2) is 43.6 Å². The maximum atomic E-state index is 12.3. The number of esters is 1. The number of nitrogens with zero attached hydrogens (tertiary/aromatic N) is 1. The van der Waals surface area contributed by atoms with Crippen molar-refractivity contribution in [2.45, 2.75) is 33.4 Å². The number of fused-ring (bicyclic) bond motifs is 1. The second-order valence-corrected chi connectivity index (χ2v) is 6.60. The summed E-state index contributed by atoms with van der Waals surface area (Å²) in [6.07, 6.45) is 0. The molecule has 0 aliphatic heterocycles. The molecule has 0 bridgehead atoms. The number of likely N-dealkylation sites (N-methyl/N-ethyl adjacent to an activating group) is 1. The number of benzene rings is 1. The largest absolute Gasteiger partial charge is 0.465 e. The molecule has 2 N–H and O–H groups in total. The van der Waals surface area contributed by atoms with Crippen LogP contribution < -0.4 is 10.2 Å². The number of carbonyl (C=O) groups excluding carboxylic acids is 2. The number of nitrogens with one attached hydrogen (secondary N) is 2. The summed E-state index contributed by atoms with van der Waals surface area (Å²) in [5, 5.41) is 3.81. The molecular formula is C19H26N3O3+. The van der Waals surface area contributed by atoms with E-state index in [1.807, 2.05) is 52.1 Å². The van der Waals surface area contributed by atoms with E-state index in [1.165, 1.54) is 7.11 Å². The van der Waals surface area contributed by atoms with Gasteiger partial charge in [0.15, 0.2) is 6.54 Å². The average molecular weight is 344 g/mol.